The summed E-state index contributed by atoms with van der Waals surface area (Å²) < 4.78 is 0. The fourth-order valence-corrected chi connectivity index (χ4v) is 4.40. The lowest BCUT2D eigenvalue weighted by Gasteiger charge is -2.29. The molecule has 2 aromatic heterocycles. The predicted molar refractivity (Wildman–Crippen MR) is 140 cm³/mol. The number of nitrogens with zero attached hydrogens (tertiary/aromatic N) is 4. The first-order valence-electron chi connectivity index (χ1n) is 10.4. The zero-order valence-electron chi connectivity index (χ0n) is 18.3. The highest BCUT2D eigenvalue weighted by Crippen LogP contribution is 2.39. The zero-order chi connectivity index (χ0) is 22.2. The van der Waals surface area contributed by atoms with Gasteiger partial charge in [-0.15, -0.1) is 24.8 Å². The summed E-state index contributed by atoms with van der Waals surface area (Å²) in [6.45, 7) is 5.80. The van der Waals surface area contributed by atoms with Crippen LogP contribution in [0, 0.1) is 18.3 Å². The first-order valence-corrected chi connectivity index (χ1v) is 10.8. The Bertz CT molecular complexity index is 1360. The van der Waals surface area contributed by atoms with Gasteiger partial charge >= 0.3 is 0 Å². The summed E-state index contributed by atoms with van der Waals surface area (Å²) >= 11 is 6.14. The van der Waals surface area contributed by atoms with E-state index in [1.165, 1.54) is 6.07 Å². The van der Waals surface area contributed by atoms with Gasteiger partial charge in [-0.1, -0.05) is 23.7 Å². The minimum absolute atomic E-state index is 0. The predicted octanol–water partition coefficient (Wildman–Crippen LogP) is 5.08. The molecule has 7 nitrogen and oxygen atoms in total. The van der Waals surface area contributed by atoms with Crippen molar-refractivity contribution >= 4 is 53.1 Å². The first kappa shape index (κ1) is 25.6. The maximum absolute atomic E-state index is 10.2. The topological polar surface area (TPSA) is 101 Å². The Hall–Kier alpha value is -3.02. The highest BCUT2D eigenvalue weighted by Gasteiger charge is 2.22. The number of nitriles is 1. The third-order valence-electron chi connectivity index (χ3n) is 5.85. The molecular weight excluding hydrogens is 495 g/mol. The van der Waals surface area contributed by atoms with Crippen LogP contribution in [-0.4, -0.2) is 46.5 Å². The van der Waals surface area contributed by atoms with Gasteiger partial charge in [0.2, 0.25) is 0 Å². The van der Waals surface area contributed by atoms with Gasteiger partial charge in [0, 0.05) is 48.7 Å². The molecular formula is C24H23Cl3N6O. The van der Waals surface area contributed by atoms with Crippen molar-refractivity contribution in [3.8, 4) is 34.2 Å². The Labute approximate surface area is 214 Å². The number of pyridine rings is 1. The molecule has 176 valence electrons. The number of nitrogens with one attached hydrogen (secondary N) is 2. The lowest BCUT2D eigenvalue weighted by atomic mass is 9.93. The van der Waals surface area contributed by atoms with Crippen LogP contribution in [-0.2, 0) is 0 Å². The number of hydrogen-bond acceptors (Lipinski definition) is 6. The van der Waals surface area contributed by atoms with E-state index in [9.17, 15) is 10.4 Å². The Kier molecular flexibility index (Phi) is 7.90. The van der Waals surface area contributed by atoms with E-state index in [1.807, 2.05) is 19.1 Å². The SMILES string of the molecule is Cc1[nH]nc2nc(-c3ccc(O)c(Cl)c3)c(C#N)c(-c3ccc(N4CCNCC4)cc3)c12.Cl.Cl. The van der Waals surface area contributed by atoms with Gasteiger partial charge in [0.25, 0.3) is 0 Å². The Morgan fingerprint density at radius 3 is 2.38 bits per heavy atom. The largest absolute Gasteiger partial charge is 0.506 e. The van der Waals surface area contributed by atoms with Gasteiger partial charge in [-0.05, 0) is 42.8 Å². The third-order valence-corrected chi connectivity index (χ3v) is 6.16. The number of aromatic hydroxyl groups is 1. The van der Waals surface area contributed by atoms with Gasteiger partial charge in [0.1, 0.15) is 11.8 Å². The Balaban J connectivity index is 0.00000162. The quantitative estimate of drug-likeness (QED) is 0.350. The van der Waals surface area contributed by atoms with Crippen LogP contribution in [0.4, 0.5) is 5.69 Å². The van der Waals surface area contributed by atoms with Crippen LogP contribution < -0.4 is 10.2 Å². The molecule has 1 fully saturated rings. The van der Waals surface area contributed by atoms with Crippen LogP contribution in [0.5, 0.6) is 5.75 Å². The number of halogens is 3. The lowest BCUT2D eigenvalue weighted by molar-refractivity contribution is 0.475. The molecule has 0 aliphatic carbocycles. The van der Waals surface area contributed by atoms with E-state index in [0.717, 1.165) is 54.1 Å². The van der Waals surface area contributed by atoms with Gasteiger partial charge < -0.3 is 15.3 Å². The minimum Gasteiger partial charge on any atom is -0.506 e. The number of benzene rings is 2. The summed E-state index contributed by atoms with van der Waals surface area (Å²) in [6.07, 6.45) is 0. The minimum atomic E-state index is -0.0191. The fourth-order valence-electron chi connectivity index (χ4n) is 4.22. The molecule has 0 saturated carbocycles. The molecule has 4 aromatic rings. The highest BCUT2D eigenvalue weighted by molar-refractivity contribution is 6.32. The molecule has 3 N–H and O–H groups in total. The van der Waals surface area contributed by atoms with Crippen LogP contribution in [0.25, 0.3) is 33.4 Å². The molecule has 1 aliphatic rings. The van der Waals surface area contributed by atoms with Crippen molar-refractivity contribution in [1.82, 2.24) is 20.5 Å². The van der Waals surface area contributed by atoms with Crippen molar-refractivity contribution in [2.45, 2.75) is 6.92 Å². The number of aromatic nitrogens is 3. The number of H-pyrrole nitrogens is 1. The van der Waals surface area contributed by atoms with E-state index >= 15 is 0 Å². The molecule has 5 rings (SSSR count). The molecule has 1 aliphatic heterocycles. The summed E-state index contributed by atoms with van der Waals surface area (Å²) in [5, 5.41) is 31.7. The third kappa shape index (κ3) is 4.50. The summed E-state index contributed by atoms with van der Waals surface area (Å²) in [7, 11) is 0. The van der Waals surface area contributed by atoms with E-state index < -0.39 is 0 Å². The van der Waals surface area contributed by atoms with Gasteiger partial charge in [0.15, 0.2) is 5.65 Å². The number of aryl methyl sites for hydroxylation is 1. The smallest absolute Gasteiger partial charge is 0.182 e. The van der Waals surface area contributed by atoms with E-state index in [2.05, 4.69) is 43.6 Å². The number of phenols is 1. The standard InChI is InChI=1S/C24H21ClN6O.2ClH/c1-14-21-22(15-2-5-17(6-3-15)31-10-8-27-9-11-31)18(13-26)23(28-24(21)30-29-14)16-4-7-20(32)19(25)12-16;;/h2-7,12,27,32H,8-11H2,1H3,(H,28,29,30);2*1H. The molecule has 3 heterocycles. The van der Waals surface area contributed by atoms with E-state index in [0.29, 0.717) is 22.5 Å². The molecule has 0 bridgehead atoms. The number of piperazine rings is 1. The average molecular weight is 518 g/mol. The van der Waals surface area contributed by atoms with Crippen LogP contribution in [0.1, 0.15) is 11.3 Å². The lowest BCUT2D eigenvalue weighted by Crippen LogP contribution is -2.43. The maximum Gasteiger partial charge on any atom is 0.182 e. The first-order chi connectivity index (χ1) is 15.6. The molecule has 0 radical (unpaired) electrons. The Morgan fingerprint density at radius 1 is 1.06 bits per heavy atom. The monoisotopic (exact) mass is 516 g/mol. The number of anilines is 1. The number of aromatic amines is 1. The molecule has 1 saturated heterocycles. The normalized spacial score (nSPS) is 13.1. The van der Waals surface area contributed by atoms with Crippen LogP contribution >= 0.6 is 36.4 Å². The van der Waals surface area contributed by atoms with Gasteiger partial charge in [-0.3, -0.25) is 5.10 Å². The Morgan fingerprint density at radius 2 is 1.74 bits per heavy atom. The summed E-state index contributed by atoms with van der Waals surface area (Å²) in [6, 6.07) is 15.5. The van der Waals surface area contributed by atoms with Crippen molar-refractivity contribution in [3.63, 3.8) is 0 Å². The zero-order valence-corrected chi connectivity index (χ0v) is 20.7. The van der Waals surface area contributed by atoms with Crippen molar-refractivity contribution < 1.29 is 5.11 Å². The van der Waals surface area contributed by atoms with E-state index in [4.69, 9.17) is 11.6 Å². The van der Waals surface area contributed by atoms with Crippen molar-refractivity contribution in [1.29, 1.82) is 5.26 Å². The number of phenolic OH excluding ortho intramolecular Hbond substituents is 1. The maximum atomic E-state index is 10.2. The summed E-state index contributed by atoms with van der Waals surface area (Å²) in [5.74, 6) is -0.0191. The van der Waals surface area contributed by atoms with E-state index in [-0.39, 0.29) is 35.6 Å². The van der Waals surface area contributed by atoms with Crippen LogP contribution in [0.2, 0.25) is 5.02 Å². The van der Waals surface area contributed by atoms with E-state index in [1.54, 1.807) is 12.1 Å². The molecule has 0 amide bonds. The molecule has 34 heavy (non-hydrogen) atoms. The van der Waals surface area contributed by atoms with Gasteiger partial charge in [-0.2, -0.15) is 10.4 Å². The molecule has 10 heteroatoms. The number of rotatable bonds is 3. The number of fused-ring (bicyclic) bond motifs is 1. The van der Waals surface area contributed by atoms with Crippen LogP contribution in [0.3, 0.4) is 0 Å². The molecule has 0 spiro atoms. The second kappa shape index (κ2) is 10.5. The summed E-state index contributed by atoms with van der Waals surface area (Å²) in [4.78, 5) is 7.01. The molecule has 2 aromatic carbocycles. The van der Waals surface area contributed by atoms with Crippen molar-refractivity contribution in [2.24, 2.45) is 0 Å². The molecule has 0 atom stereocenters. The molecule has 0 unspecified atom stereocenters. The fraction of sp³-hybridized carbons (Fsp3) is 0.208. The van der Waals surface area contributed by atoms with Crippen molar-refractivity contribution in [2.75, 3.05) is 31.1 Å². The van der Waals surface area contributed by atoms with Gasteiger partial charge in [-0.25, -0.2) is 4.98 Å². The highest BCUT2D eigenvalue weighted by atomic mass is 35.5. The second-order valence-electron chi connectivity index (χ2n) is 7.82. The number of hydrogen-bond donors (Lipinski definition) is 3. The van der Waals surface area contributed by atoms with Crippen molar-refractivity contribution in [3.05, 3.63) is 58.7 Å². The van der Waals surface area contributed by atoms with Gasteiger partial charge in [0.05, 0.1) is 21.7 Å². The summed E-state index contributed by atoms with van der Waals surface area (Å²) in [5.41, 5.74) is 5.81. The van der Waals surface area contributed by atoms with Crippen LogP contribution in [0.15, 0.2) is 42.5 Å². The second-order valence-corrected chi connectivity index (χ2v) is 8.23. The average Bonchev–Trinajstić information content (AvgIpc) is 3.20.